The molecule has 1 fully saturated rings. The second-order valence-corrected chi connectivity index (χ2v) is 6.86. The van der Waals surface area contributed by atoms with Gasteiger partial charge in [-0.15, -0.1) is 0 Å². The summed E-state index contributed by atoms with van der Waals surface area (Å²) >= 11 is 1.43. The number of aromatic nitrogens is 3. The molecule has 6 nitrogen and oxygen atoms in total. The van der Waals surface area contributed by atoms with E-state index in [2.05, 4.69) is 9.97 Å². The Morgan fingerprint density at radius 3 is 2.88 bits per heavy atom. The lowest BCUT2D eigenvalue weighted by Gasteiger charge is -2.31. The zero-order chi connectivity index (χ0) is 16.9. The van der Waals surface area contributed by atoms with Crippen LogP contribution >= 0.6 is 11.8 Å². The van der Waals surface area contributed by atoms with Gasteiger partial charge < -0.3 is 9.47 Å². The van der Waals surface area contributed by atoms with Crippen LogP contribution in [0.3, 0.4) is 0 Å². The fourth-order valence-electron chi connectivity index (χ4n) is 2.86. The van der Waals surface area contributed by atoms with Gasteiger partial charge in [0.2, 0.25) is 11.7 Å². The Hall–Kier alpha value is -2.15. The Morgan fingerprint density at radius 1 is 1.29 bits per heavy atom. The fraction of sp³-hybridized carbons (Fsp3) is 0.412. The van der Waals surface area contributed by atoms with Crippen molar-refractivity contribution in [1.29, 1.82) is 0 Å². The molecule has 1 atom stereocenters. The molecule has 1 amide bonds. The van der Waals surface area contributed by atoms with E-state index in [0.717, 1.165) is 17.9 Å². The van der Waals surface area contributed by atoms with Gasteiger partial charge in [-0.25, -0.2) is 9.97 Å². The molecule has 2 aromatic heterocycles. The number of ketones is 1. The van der Waals surface area contributed by atoms with E-state index in [9.17, 15) is 9.59 Å². The first-order valence-corrected chi connectivity index (χ1v) is 8.97. The van der Waals surface area contributed by atoms with E-state index in [1.54, 1.807) is 28.1 Å². The number of likely N-dealkylation sites (tertiary alicyclic amines) is 1. The summed E-state index contributed by atoms with van der Waals surface area (Å²) in [7, 11) is 1.81. The highest BCUT2D eigenvalue weighted by molar-refractivity contribution is 7.99. The van der Waals surface area contributed by atoms with E-state index in [4.69, 9.17) is 0 Å². The minimum absolute atomic E-state index is 0.0254. The summed E-state index contributed by atoms with van der Waals surface area (Å²) < 4.78 is 1.74. The van der Waals surface area contributed by atoms with Crippen molar-refractivity contribution in [2.75, 3.05) is 18.8 Å². The van der Waals surface area contributed by atoms with Crippen molar-refractivity contribution < 1.29 is 9.59 Å². The number of hydrogen-bond acceptors (Lipinski definition) is 5. The van der Waals surface area contributed by atoms with Crippen LogP contribution in [0, 0.1) is 5.92 Å². The smallest absolute Gasteiger partial charge is 0.233 e. The van der Waals surface area contributed by atoms with Crippen LogP contribution in [0.5, 0.6) is 0 Å². The van der Waals surface area contributed by atoms with Gasteiger partial charge in [-0.2, -0.15) is 0 Å². The summed E-state index contributed by atoms with van der Waals surface area (Å²) in [6, 6.07) is 5.65. The maximum Gasteiger partial charge on any atom is 0.233 e. The Morgan fingerprint density at radius 2 is 2.17 bits per heavy atom. The number of thioether (sulfide) groups is 1. The van der Waals surface area contributed by atoms with Crippen molar-refractivity contribution in [3.05, 3.63) is 42.6 Å². The molecule has 0 aromatic carbocycles. The van der Waals surface area contributed by atoms with Gasteiger partial charge in [0, 0.05) is 44.6 Å². The van der Waals surface area contributed by atoms with Gasteiger partial charge in [-0.05, 0) is 25.0 Å². The molecule has 1 aliphatic rings. The maximum absolute atomic E-state index is 12.6. The Balaban J connectivity index is 1.58. The molecule has 0 bridgehead atoms. The third-order valence-electron chi connectivity index (χ3n) is 4.17. The molecular formula is C17H20N4O2S. The largest absolute Gasteiger partial charge is 0.341 e. The molecule has 24 heavy (non-hydrogen) atoms. The monoisotopic (exact) mass is 344 g/mol. The van der Waals surface area contributed by atoms with Gasteiger partial charge in [0.1, 0.15) is 0 Å². The number of nitrogens with zero attached hydrogens (tertiary/aromatic N) is 4. The van der Waals surface area contributed by atoms with E-state index < -0.39 is 0 Å². The van der Waals surface area contributed by atoms with Crippen molar-refractivity contribution in [3.8, 4) is 0 Å². The van der Waals surface area contributed by atoms with Crippen LogP contribution in [0.25, 0.3) is 0 Å². The second-order valence-electron chi connectivity index (χ2n) is 5.86. The summed E-state index contributed by atoms with van der Waals surface area (Å²) in [4.78, 5) is 35.2. The molecular weight excluding hydrogens is 324 g/mol. The Bertz CT molecular complexity index is 716. The van der Waals surface area contributed by atoms with Gasteiger partial charge in [-0.1, -0.05) is 17.8 Å². The van der Waals surface area contributed by atoms with Crippen LogP contribution in [0.1, 0.15) is 23.5 Å². The first kappa shape index (κ1) is 16.7. The molecule has 2 aromatic rings. The van der Waals surface area contributed by atoms with Gasteiger partial charge in [0.15, 0.2) is 5.82 Å². The van der Waals surface area contributed by atoms with Crippen LogP contribution in [-0.2, 0) is 11.8 Å². The highest BCUT2D eigenvalue weighted by atomic mass is 32.2. The maximum atomic E-state index is 12.6. The number of pyridine rings is 1. The summed E-state index contributed by atoms with van der Waals surface area (Å²) in [5, 5.41) is 0.837. The summed E-state index contributed by atoms with van der Waals surface area (Å²) in [5.41, 5.74) is 0. The molecule has 0 aliphatic carbocycles. The molecule has 3 rings (SSSR count). The zero-order valence-corrected chi connectivity index (χ0v) is 14.4. The Labute approximate surface area is 145 Å². The minimum Gasteiger partial charge on any atom is -0.341 e. The predicted octanol–water partition coefficient (Wildman–Crippen LogP) is 2.03. The van der Waals surface area contributed by atoms with Crippen molar-refractivity contribution in [2.45, 2.75) is 17.9 Å². The molecule has 0 saturated carbocycles. The highest BCUT2D eigenvalue weighted by Gasteiger charge is 2.30. The summed E-state index contributed by atoms with van der Waals surface area (Å²) in [6.45, 7) is 1.19. The minimum atomic E-state index is -0.163. The number of aryl methyl sites for hydroxylation is 1. The van der Waals surface area contributed by atoms with E-state index in [0.29, 0.717) is 24.7 Å². The zero-order valence-electron chi connectivity index (χ0n) is 13.6. The quantitative estimate of drug-likeness (QED) is 0.613. The van der Waals surface area contributed by atoms with Crippen molar-refractivity contribution >= 4 is 23.5 Å². The molecule has 0 N–H and O–H groups in total. The lowest BCUT2D eigenvalue weighted by Crippen LogP contribution is -2.43. The van der Waals surface area contributed by atoms with E-state index in [-0.39, 0.29) is 17.6 Å². The van der Waals surface area contributed by atoms with Gasteiger partial charge in [0.25, 0.3) is 0 Å². The summed E-state index contributed by atoms with van der Waals surface area (Å²) in [6.07, 6.45) is 6.77. The third-order valence-corrected chi connectivity index (χ3v) is 5.10. The first-order valence-electron chi connectivity index (χ1n) is 7.98. The van der Waals surface area contributed by atoms with Gasteiger partial charge in [0.05, 0.1) is 10.8 Å². The lowest BCUT2D eigenvalue weighted by molar-refractivity contribution is -0.129. The van der Waals surface area contributed by atoms with Crippen LogP contribution in [0.2, 0.25) is 0 Å². The van der Waals surface area contributed by atoms with E-state index >= 15 is 0 Å². The van der Waals surface area contributed by atoms with Crippen LogP contribution < -0.4 is 0 Å². The van der Waals surface area contributed by atoms with E-state index in [1.165, 1.54) is 11.8 Å². The number of carbonyl (C=O) groups excluding carboxylic acids is 2. The predicted molar refractivity (Wildman–Crippen MR) is 91.8 cm³/mol. The molecule has 7 heteroatoms. The summed E-state index contributed by atoms with van der Waals surface area (Å²) in [5.74, 6) is 0.738. The molecule has 1 aliphatic heterocycles. The van der Waals surface area contributed by atoms with Crippen molar-refractivity contribution in [1.82, 2.24) is 19.4 Å². The van der Waals surface area contributed by atoms with Crippen LogP contribution in [0.15, 0.2) is 41.8 Å². The van der Waals surface area contributed by atoms with Gasteiger partial charge >= 0.3 is 0 Å². The number of Topliss-reactive ketones (excluding diaryl/α,β-unsaturated/α-hetero) is 1. The number of imidazole rings is 1. The number of hydrogen-bond donors (Lipinski definition) is 0. The average molecular weight is 344 g/mol. The van der Waals surface area contributed by atoms with E-state index in [1.807, 2.05) is 25.2 Å². The second kappa shape index (κ2) is 7.61. The molecule has 3 heterocycles. The molecule has 1 saturated heterocycles. The van der Waals surface area contributed by atoms with Crippen LogP contribution in [-0.4, -0.2) is 50.0 Å². The number of rotatable bonds is 5. The molecule has 0 radical (unpaired) electrons. The molecule has 0 spiro atoms. The number of carbonyl (C=O) groups is 2. The normalized spacial score (nSPS) is 17.7. The Kier molecular flexibility index (Phi) is 5.30. The highest BCUT2D eigenvalue weighted by Crippen LogP contribution is 2.22. The SMILES string of the molecule is Cn1ccnc1C(=O)C1CCCN(C(=O)CSc2ccccn2)C1. The lowest BCUT2D eigenvalue weighted by atomic mass is 9.93. The molecule has 1 unspecified atom stereocenters. The number of amides is 1. The first-order chi connectivity index (χ1) is 11.6. The van der Waals surface area contributed by atoms with Crippen LogP contribution in [0.4, 0.5) is 0 Å². The topological polar surface area (TPSA) is 68.1 Å². The third kappa shape index (κ3) is 3.84. The molecule has 126 valence electrons. The average Bonchev–Trinajstić information content (AvgIpc) is 3.06. The van der Waals surface area contributed by atoms with Gasteiger partial charge in [-0.3, -0.25) is 9.59 Å². The number of piperidine rings is 1. The van der Waals surface area contributed by atoms with Crippen molar-refractivity contribution in [3.63, 3.8) is 0 Å². The van der Waals surface area contributed by atoms with Crippen molar-refractivity contribution in [2.24, 2.45) is 13.0 Å². The standard InChI is InChI=1S/C17H20N4O2S/c1-20-10-8-19-17(20)16(23)13-5-4-9-21(11-13)15(22)12-24-14-6-2-3-7-18-14/h2-3,6-8,10,13H,4-5,9,11-12H2,1H3. The fourth-order valence-corrected chi connectivity index (χ4v) is 3.63.